The van der Waals surface area contributed by atoms with Crippen LogP contribution in [0.15, 0.2) is 46.3 Å². The number of carbonyl (C=O) groups is 1. The number of carboxylic acids is 1. The Bertz CT molecular complexity index is 1370. The van der Waals surface area contributed by atoms with Crippen molar-refractivity contribution in [1.82, 2.24) is 15.2 Å². The third kappa shape index (κ3) is 4.19. The Morgan fingerprint density at radius 2 is 1.91 bits per heavy atom. The summed E-state index contributed by atoms with van der Waals surface area (Å²) in [5.41, 5.74) is 9.49. The average molecular weight is 464 g/mol. The number of hydrazone groups is 1. The molecule has 0 fully saturated rings. The van der Waals surface area contributed by atoms with Gasteiger partial charge in [0.1, 0.15) is 0 Å². The van der Waals surface area contributed by atoms with Crippen molar-refractivity contribution in [2.24, 2.45) is 5.10 Å². The van der Waals surface area contributed by atoms with Gasteiger partial charge in [-0.05, 0) is 93.4 Å². The molecule has 0 aliphatic carbocycles. The number of hydrogen-bond donors (Lipinski definition) is 3. The predicted octanol–water partition coefficient (Wildman–Crippen LogP) is 3.45. The van der Waals surface area contributed by atoms with Gasteiger partial charge >= 0.3 is 5.97 Å². The first kappa shape index (κ1) is 22.5. The number of carboxylic acid groups (broad SMARTS) is 1. The van der Waals surface area contributed by atoms with Gasteiger partial charge in [0, 0.05) is 17.9 Å². The van der Waals surface area contributed by atoms with Crippen molar-refractivity contribution >= 4 is 34.7 Å². The second-order valence-electron chi connectivity index (χ2n) is 8.19. The van der Waals surface area contributed by atoms with Crippen molar-refractivity contribution in [3.8, 4) is 5.69 Å². The summed E-state index contributed by atoms with van der Waals surface area (Å²) in [5.74, 6) is -0.953. The maximum atomic E-state index is 13.1. The van der Waals surface area contributed by atoms with Crippen LogP contribution in [0.25, 0.3) is 5.69 Å². The van der Waals surface area contributed by atoms with Crippen molar-refractivity contribution in [3.05, 3.63) is 80.3 Å². The van der Waals surface area contributed by atoms with Gasteiger partial charge < -0.3 is 10.0 Å². The largest absolute Gasteiger partial charge is 0.478 e. The summed E-state index contributed by atoms with van der Waals surface area (Å²) in [6.45, 7) is 8.26. The summed E-state index contributed by atoms with van der Waals surface area (Å²) in [5, 5.41) is 17.1. The number of aryl methyl sites for hydroxylation is 3. The van der Waals surface area contributed by atoms with Crippen molar-refractivity contribution in [2.75, 3.05) is 11.4 Å². The Morgan fingerprint density at radius 3 is 2.61 bits per heavy atom. The Hall–Kier alpha value is -3.72. The van der Waals surface area contributed by atoms with Gasteiger partial charge in [0.2, 0.25) is 0 Å². The average Bonchev–Trinajstić information content (AvgIpc) is 3.33. The quantitative estimate of drug-likeness (QED) is 0.311. The summed E-state index contributed by atoms with van der Waals surface area (Å²) in [7, 11) is 0. The van der Waals surface area contributed by atoms with Gasteiger partial charge in [-0.1, -0.05) is 6.07 Å². The van der Waals surface area contributed by atoms with Gasteiger partial charge in [0.15, 0.2) is 5.11 Å². The molecule has 1 aromatic heterocycles. The van der Waals surface area contributed by atoms with Crippen LogP contribution >= 0.6 is 12.2 Å². The lowest BCUT2D eigenvalue weighted by molar-refractivity contribution is 0.0697. The molecule has 4 rings (SSSR count). The van der Waals surface area contributed by atoms with E-state index in [0.29, 0.717) is 35.0 Å². The maximum Gasteiger partial charge on any atom is 0.335 e. The number of nitrogens with zero attached hydrogens (tertiary/aromatic N) is 3. The lowest BCUT2D eigenvalue weighted by Crippen LogP contribution is -2.36. The summed E-state index contributed by atoms with van der Waals surface area (Å²) in [6, 6.07) is 10.9. The van der Waals surface area contributed by atoms with Crippen LogP contribution in [0, 0.1) is 20.8 Å². The molecule has 8 nitrogen and oxygen atoms in total. The first-order valence-electron chi connectivity index (χ1n) is 10.5. The smallest absolute Gasteiger partial charge is 0.335 e. The second kappa shape index (κ2) is 8.67. The van der Waals surface area contributed by atoms with Gasteiger partial charge in [-0.2, -0.15) is 5.10 Å². The Labute approximate surface area is 196 Å². The minimum Gasteiger partial charge on any atom is -0.478 e. The molecule has 170 valence electrons. The van der Waals surface area contributed by atoms with Gasteiger partial charge in [0.25, 0.3) is 5.56 Å². The molecule has 0 unspecified atom stereocenters. The Balaban J connectivity index is 1.55. The molecule has 1 aliphatic rings. The molecular weight excluding hydrogens is 438 g/mol. The number of thiocarbonyl (C=S) groups is 1. The van der Waals surface area contributed by atoms with Gasteiger partial charge in [0.05, 0.1) is 22.5 Å². The molecule has 0 bridgehead atoms. The van der Waals surface area contributed by atoms with E-state index in [-0.39, 0.29) is 11.1 Å². The Kier molecular flexibility index (Phi) is 5.90. The van der Waals surface area contributed by atoms with Crippen molar-refractivity contribution in [1.29, 1.82) is 0 Å². The minimum absolute atomic E-state index is 0.183. The molecule has 0 saturated carbocycles. The number of fused-ring (bicyclic) bond motifs is 1. The number of rotatable bonds is 4. The topological polar surface area (TPSA) is 103 Å². The first-order valence-corrected chi connectivity index (χ1v) is 11.0. The fourth-order valence-corrected chi connectivity index (χ4v) is 4.25. The number of hydrogen-bond acceptors (Lipinski definition) is 4. The number of aromatic carboxylic acids is 1. The highest BCUT2D eigenvalue weighted by molar-refractivity contribution is 7.80. The molecule has 2 aromatic carbocycles. The summed E-state index contributed by atoms with van der Waals surface area (Å²) in [4.78, 5) is 26.2. The van der Waals surface area contributed by atoms with Crippen LogP contribution in [0.3, 0.4) is 0 Å². The van der Waals surface area contributed by atoms with Gasteiger partial charge in [-0.15, -0.1) is 0 Å². The second-order valence-corrected chi connectivity index (χ2v) is 8.57. The van der Waals surface area contributed by atoms with Crippen LogP contribution in [0.5, 0.6) is 0 Å². The number of benzene rings is 2. The molecule has 0 atom stereocenters. The fraction of sp³-hybridized carbons (Fsp3) is 0.250. The third-order valence-corrected chi connectivity index (χ3v) is 6.28. The van der Waals surface area contributed by atoms with E-state index < -0.39 is 5.97 Å². The number of H-pyrrole nitrogens is 1. The van der Waals surface area contributed by atoms with E-state index in [4.69, 9.17) is 12.2 Å². The lowest BCUT2D eigenvalue weighted by atomic mass is 10.1. The molecule has 0 spiro atoms. The van der Waals surface area contributed by atoms with E-state index in [1.165, 1.54) is 4.68 Å². The summed E-state index contributed by atoms with van der Waals surface area (Å²) < 4.78 is 1.52. The van der Waals surface area contributed by atoms with Crippen molar-refractivity contribution in [3.63, 3.8) is 0 Å². The summed E-state index contributed by atoms with van der Waals surface area (Å²) in [6.07, 6.45) is 0.693. The first-order chi connectivity index (χ1) is 15.7. The van der Waals surface area contributed by atoms with Gasteiger partial charge in [-0.25, -0.2) is 9.48 Å². The van der Waals surface area contributed by atoms with E-state index in [1.54, 1.807) is 25.1 Å². The molecule has 0 amide bonds. The predicted molar refractivity (Wildman–Crippen MR) is 133 cm³/mol. The highest BCUT2D eigenvalue weighted by Gasteiger charge is 2.23. The zero-order valence-electron chi connectivity index (χ0n) is 18.9. The Morgan fingerprint density at radius 1 is 1.15 bits per heavy atom. The van der Waals surface area contributed by atoms with E-state index >= 15 is 0 Å². The van der Waals surface area contributed by atoms with E-state index in [9.17, 15) is 14.7 Å². The molecule has 9 heteroatoms. The molecule has 1 aliphatic heterocycles. The third-order valence-electron chi connectivity index (χ3n) is 5.97. The van der Waals surface area contributed by atoms with Crippen LogP contribution in [0.4, 0.5) is 5.69 Å². The van der Waals surface area contributed by atoms with Crippen LogP contribution in [-0.4, -0.2) is 38.2 Å². The number of aromatic amines is 1. The van der Waals surface area contributed by atoms with Crippen LogP contribution < -0.4 is 15.9 Å². The number of anilines is 1. The minimum atomic E-state index is -0.953. The highest BCUT2D eigenvalue weighted by atomic mass is 32.1. The number of nitrogens with one attached hydrogen (secondary N) is 2. The SMILES string of the molecule is CC(=NNC(=S)N1CCc2cc(C(=O)O)ccc21)c1c(C)[nH]n(-c2ccc(C)c(C)c2)c1=O. The lowest BCUT2D eigenvalue weighted by Gasteiger charge is -2.19. The molecule has 0 radical (unpaired) electrons. The monoisotopic (exact) mass is 463 g/mol. The molecule has 33 heavy (non-hydrogen) atoms. The standard InChI is InChI=1S/C24H25N5O3S/c1-13-5-7-19(11-14(13)2)29-22(30)21(16(4)27-29)15(3)25-26-24(33)28-10-9-17-12-18(23(31)32)6-8-20(17)28/h5-8,11-12,27H,9-10H2,1-4H3,(H,26,33)(H,31,32). The molecular formula is C24H25N5O3S. The fourth-order valence-electron chi connectivity index (χ4n) is 4.01. The zero-order chi connectivity index (χ0) is 23.9. The molecule has 3 N–H and O–H groups in total. The molecule has 0 saturated heterocycles. The maximum absolute atomic E-state index is 13.1. The van der Waals surface area contributed by atoms with E-state index in [0.717, 1.165) is 28.1 Å². The zero-order valence-corrected chi connectivity index (χ0v) is 19.7. The van der Waals surface area contributed by atoms with Crippen LogP contribution in [0.1, 0.15) is 45.2 Å². The highest BCUT2D eigenvalue weighted by Crippen LogP contribution is 2.29. The molecule has 2 heterocycles. The van der Waals surface area contributed by atoms with Crippen molar-refractivity contribution in [2.45, 2.75) is 34.1 Å². The van der Waals surface area contributed by atoms with Crippen LogP contribution in [-0.2, 0) is 6.42 Å². The molecule has 3 aromatic rings. The van der Waals surface area contributed by atoms with E-state index in [2.05, 4.69) is 15.6 Å². The van der Waals surface area contributed by atoms with E-state index in [1.807, 2.05) is 43.9 Å². The van der Waals surface area contributed by atoms with Crippen molar-refractivity contribution < 1.29 is 9.90 Å². The van der Waals surface area contributed by atoms with Gasteiger partial charge in [-0.3, -0.25) is 15.3 Å². The van der Waals surface area contributed by atoms with Crippen LogP contribution in [0.2, 0.25) is 0 Å². The number of aromatic nitrogens is 2. The normalized spacial score (nSPS) is 13.2. The summed E-state index contributed by atoms with van der Waals surface area (Å²) >= 11 is 5.52.